The second-order valence-electron chi connectivity index (χ2n) is 6.81. The van der Waals surface area contributed by atoms with E-state index < -0.39 is 10.0 Å². The SMILES string of the molecule is CCn1cc(S(=O)(=O)N2CCC[C@H](Cn3nnc(-c4cccnc4)n3)C2)cn1. The number of pyridine rings is 1. The lowest BCUT2D eigenvalue weighted by Gasteiger charge is -2.31. The summed E-state index contributed by atoms with van der Waals surface area (Å²) in [6, 6.07) is 3.69. The quantitative estimate of drug-likeness (QED) is 0.606. The first-order valence-corrected chi connectivity index (χ1v) is 10.7. The maximum atomic E-state index is 12.9. The highest BCUT2D eigenvalue weighted by molar-refractivity contribution is 7.89. The molecule has 1 atom stereocenters. The summed E-state index contributed by atoms with van der Waals surface area (Å²) in [5.41, 5.74) is 0.800. The fraction of sp³-hybridized carbons (Fsp3) is 0.471. The third-order valence-corrected chi connectivity index (χ3v) is 6.67. The molecular formula is C17H22N8O2S. The van der Waals surface area contributed by atoms with Gasteiger partial charge in [0.2, 0.25) is 15.8 Å². The average molecular weight is 402 g/mol. The van der Waals surface area contributed by atoms with Crippen molar-refractivity contribution in [1.82, 2.24) is 39.3 Å². The number of tetrazole rings is 1. The van der Waals surface area contributed by atoms with E-state index in [1.165, 1.54) is 15.3 Å². The monoisotopic (exact) mass is 402 g/mol. The predicted molar refractivity (Wildman–Crippen MR) is 100 cm³/mol. The van der Waals surface area contributed by atoms with Crippen molar-refractivity contribution in [1.29, 1.82) is 0 Å². The molecule has 0 unspecified atom stereocenters. The molecule has 0 saturated carbocycles. The number of aromatic nitrogens is 7. The van der Waals surface area contributed by atoms with Crippen LogP contribution < -0.4 is 0 Å². The molecule has 10 nitrogen and oxygen atoms in total. The molecule has 3 aromatic heterocycles. The summed E-state index contributed by atoms with van der Waals surface area (Å²) in [5, 5.41) is 16.7. The second-order valence-corrected chi connectivity index (χ2v) is 8.75. The van der Waals surface area contributed by atoms with E-state index in [9.17, 15) is 8.42 Å². The zero-order chi connectivity index (χ0) is 19.6. The Labute approximate surface area is 163 Å². The third-order valence-electron chi connectivity index (χ3n) is 4.85. The van der Waals surface area contributed by atoms with E-state index in [4.69, 9.17) is 0 Å². The number of hydrogen-bond donors (Lipinski definition) is 0. The molecule has 1 saturated heterocycles. The fourth-order valence-electron chi connectivity index (χ4n) is 3.36. The number of nitrogens with zero attached hydrogens (tertiary/aromatic N) is 8. The molecule has 28 heavy (non-hydrogen) atoms. The average Bonchev–Trinajstić information content (AvgIpc) is 3.39. The maximum Gasteiger partial charge on any atom is 0.246 e. The van der Waals surface area contributed by atoms with Crippen LogP contribution in [0, 0.1) is 5.92 Å². The zero-order valence-electron chi connectivity index (χ0n) is 15.6. The van der Waals surface area contributed by atoms with Crippen LogP contribution in [0.3, 0.4) is 0 Å². The standard InChI is InChI=1S/C17H22N8O2S/c1-2-23-13-16(10-19-23)28(26,27)24-8-4-5-14(11-24)12-25-21-17(20-22-25)15-6-3-7-18-9-15/h3,6-7,9-10,13-14H,2,4-5,8,11-12H2,1H3/t14-/m0/s1. The second kappa shape index (κ2) is 7.76. The summed E-state index contributed by atoms with van der Waals surface area (Å²) in [5.74, 6) is 0.640. The van der Waals surface area contributed by atoms with Crippen LogP contribution in [0.2, 0.25) is 0 Å². The minimum absolute atomic E-state index is 0.126. The number of hydrogen-bond acceptors (Lipinski definition) is 7. The molecule has 0 aliphatic carbocycles. The molecular weight excluding hydrogens is 380 g/mol. The first-order valence-electron chi connectivity index (χ1n) is 9.27. The topological polar surface area (TPSA) is 112 Å². The molecule has 4 heterocycles. The highest BCUT2D eigenvalue weighted by Gasteiger charge is 2.31. The van der Waals surface area contributed by atoms with Crippen LogP contribution in [-0.4, -0.2) is 60.8 Å². The Kier molecular flexibility index (Phi) is 5.18. The molecule has 3 aromatic rings. The zero-order valence-corrected chi connectivity index (χ0v) is 16.4. The van der Waals surface area contributed by atoms with E-state index in [0.29, 0.717) is 32.0 Å². The third kappa shape index (κ3) is 3.80. The first kappa shape index (κ1) is 18.7. The molecule has 1 aliphatic heterocycles. The van der Waals surface area contributed by atoms with E-state index in [2.05, 4.69) is 25.5 Å². The Morgan fingerprint density at radius 3 is 2.93 bits per heavy atom. The van der Waals surface area contributed by atoms with Crippen LogP contribution >= 0.6 is 0 Å². The fourth-order valence-corrected chi connectivity index (χ4v) is 4.87. The van der Waals surface area contributed by atoms with Crippen molar-refractivity contribution < 1.29 is 8.42 Å². The van der Waals surface area contributed by atoms with E-state index in [-0.39, 0.29) is 10.8 Å². The molecule has 1 aliphatic rings. The summed E-state index contributed by atoms with van der Waals surface area (Å²) in [6.07, 6.45) is 8.10. The highest BCUT2D eigenvalue weighted by Crippen LogP contribution is 2.24. The molecule has 148 valence electrons. The van der Waals surface area contributed by atoms with Crippen molar-refractivity contribution in [3.63, 3.8) is 0 Å². The van der Waals surface area contributed by atoms with Crippen LogP contribution in [0.5, 0.6) is 0 Å². The maximum absolute atomic E-state index is 12.9. The molecule has 0 aromatic carbocycles. The van der Waals surface area contributed by atoms with Gasteiger partial charge in [-0.1, -0.05) is 0 Å². The lowest BCUT2D eigenvalue weighted by atomic mass is 10.00. The Morgan fingerprint density at radius 2 is 2.18 bits per heavy atom. The first-order chi connectivity index (χ1) is 13.6. The smallest absolute Gasteiger partial charge is 0.246 e. The van der Waals surface area contributed by atoms with Gasteiger partial charge in [-0.25, -0.2) is 8.42 Å². The number of sulfonamides is 1. The molecule has 0 bridgehead atoms. The summed E-state index contributed by atoms with van der Waals surface area (Å²) in [4.78, 5) is 5.85. The van der Waals surface area contributed by atoms with Crippen LogP contribution in [0.1, 0.15) is 19.8 Å². The normalized spacial score (nSPS) is 18.4. The molecule has 4 rings (SSSR count). The predicted octanol–water partition coefficient (Wildman–Crippen LogP) is 1.05. The molecule has 0 spiro atoms. The van der Waals surface area contributed by atoms with E-state index in [1.54, 1.807) is 23.3 Å². The summed E-state index contributed by atoms with van der Waals surface area (Å²) < 4.78 is 29.0. The van der Waals surface area contributed by atoms with Crippen LogP contribution in [0.4, 0.5) is 0 Å². The lowest BCUT2D eigenvalue weighted by molar-refractivity contribution is 0.231. The van der Waals surface area contributed by atoms with Gasteiger partial charge in [0.05, 0.1) is 12.7 Å². The summed E-state index contributed by atoms with van der Waals surface area (Å²) in [6.45, 7) is 4.03. The van der Waals surface area contributed by atoms with Gasteiger partial charge in [0.25, 0.3) is 0 Å². The van der Waals surface area contributed by atoms with Gasteiger partial charge in [0.15, 0.2) is 0 Å². The molecule has 1 fully saturated rings. The number of piperidine rings is 1. The molecule has 0 N–H and O–H groups in total. The van der Waals surface area contributed by atoms with Crippen molar-refractivity contribution in [3.05, 3.63) is 36.9 Å². The van der Waals surface area contributed by atoms with E-state index >= 15 is 0 Å². The minimum atomic E-state index is -3.54. The van der Waals surface area contributed by atoms with Crippen molar-refractivity contribution in [3.8, 4) is 11.4 Å². The highest BCUT2D eigenvalue weighted by atomic mass is 32.2. The van der Waals surface area contributed by atoms with Gasteiger partial charge in [-0.3, -0.25) is 9.67 Å². The summed E-state index contributed by atoms with van der Waals surface area (Å²) in [7, 11) is -3.54. The van der Waals surface area contributed by atoms with Crippen LogP contribution in [0.25, 0.3) is 11.4 Å². The van der Waals surface area contributed by atoms with Crippen molar-refractivity contribution in [2.24, 2.45) is 5.92 Å². The summed E-state index contributed by atoms with van der Waals surface area (Å²) >= 11 is 0. The Bertz CT molecular complexity index is 1030. The van der Waals surface area contributed by atoms with Crippen molar-refractivity contribution in [2.45, 2.75) is 37.8 Å². The van der Waals surface area contributed by atoms with Gasteiger partial charge in [0, 0.05) is 43.8 Å². The van der Waals surface area contributed by atoms with Crippen LogP contribution in [-0.2, 0) is 23.1 Å². The largest absolute Gasteiger partial charge is 0.272 e. The van der Waals surface area contributed by atoms with Gasteiger partial charge in [-0.2, -0.15) is 14.2 Å². The lowest BCUT2D eigenvalue weighted by Crippen LogP contribution is -2.41. The molecule has 0 amide bonds. The Hall–Kier alpha value is -2.66. The van der Waals surface area contributed by atoms with Crippen molar-refractivity contribution >= 4 is 10.0 Å². The van der Waals surface area contributed by atoms with E-state index in [1.807, 2.05) is 19.1 Å². The van der Waals surface area contributed by atoms with Gasteiger partial charge in [0.1, 0.15) is 4.90 Å². The van der Waals surface area contributed by atoms with Gasteiger partial charge in [-0.15, -0.1) is 10.2 Å². The number of rotatable bonds is 6. The van der Waals surface area contributed by atoms with Crippen LogP contribution in [0.15, 0.2) is 41.8 Å². The van der Waals surface area contributed by atoms with Gasteiger partial charge in [-0.05, 0) is 43.0 Å². The Balaban J connectivity index is 1.45. The molecule has 11 heteroatoms. The molecule has 0 radical (unpaired) electrons. The van der Waals surface area contributed by atoms with E-state index in [0.717, 1.165) is 18.4 Å². The van der Waals surface area contributed by atoms with Gasteiger partial charge >= 0.3 is 0 Å². The van der Waals surface area contributed by atoms with Gasteiger partial charge < -0.3 is 0 Å². The minimum Gasteiger partial charge on any atom is -0.272 e. The Morgan fingerprint density at radius 1 is 1.29 bits per heavy atom. The van der Waals surface area contributed by atoms with Crippen molar-refractivity contribution in [2.75, 3.05) is 13.1 Å². The number of aryl methyl sites for hydroxylation is 1.